The fourth-order valence-corrected chi connectivity index (χ4v) is 2.92. The van der Waals surface area contributed by atoms with Crippen LogP contribution in [0.3, 0.4) is 0 Å². The molecule has 1 saturated heterocycles. The van der Waals surface area contributed by atoms with E-state index in [1.807, 2.05) is 0 Å². The van der Waals surface area contributed by atoms with Gasteiger partial charge in [-0.25, -0.2) is 4.79 Å². The highest BCUT2D eigenvalue weighted by Crippen LogP contribution is 2.33. The quantitative estimate of drug-likeness (QED) is 0.667. The first-order chi connectivity index (χ1) is 11.6. The lowest BCUT2D eigenvalue weighted by molar-refractivity contribution is -0.00751. The molecule has 3 atom stereocenters. The van der Waals surface area contributed by atoms with Crippen molar-refractivity contribution in [1.29, 1.82) is 0 Å². The fourth-order valence-electron chi connectivity index (χ4n) is 2.92. The number of nitrogens with zero attached hydrogens (tertiary/aromatic N) is 2. The molecular formula is C19H25N3O2. The maximum Gasteiger partial charge on any atom is 0.351 e. The molecule has 1 aromatic rings. The molecule has 0 bridgehead atoms. The molecular weight excluding hydrogens is 302 g/mol. The van der Waals surface area contributed by atoms with Crippen LogP contribution in [0.1, 0.15) is 64.2 Å². The Labute approximate surface area is 143 Å². The minimum Gasteiger partial charge on any atom is -0.382 e. The number of ether oxygens (including phenoxy) is 1. The summed E-state index contributed by atoms with van der Waals surface area (Å²) in [6.45, 7) is 4.23. The average molecular weight is 327 g/mol. The van der Waals surface area contributed by atoms with Crippen LogP contribution in [-0.2, 0) is 4.74 Å². The van der Waals surface area contributed by atoms with Crippen LogP contribution in [0.15, 0.2) is 11.0 Å². The van der Waals surface area contributed by atoms with Crippen LogP contribution in [0.2, 0.25) is 0 Å². The first-order valence-corrected chi connectivity index (χ1v) is 8.53. The summed E-state index contributed by atoms with van der Waals surface area (Å²) in [4.78, 5) is 16.1. The molecule has 24 heavy (non-hydrogen) atoms. The van der Waals surface area contributed by atoms with E-state index in [9.17, 15) is 4.79 Å². The molecule has 0 radical (unpaired) electrons. The third-order valence-corrected chi connectivity index (χ3v) is 4.33. The Morgan fingerprint density at radius 3 is 2.88 bits per heavy atom. The molecule has 2 rings (SSSR count). The topological polar surface area (TPSA) is 70.1 Å². The molecule has 2 heterocycles. The number of terminal acetylenes is 1. The summed E-state index contributed by atoms with van der Waals surface area (Å²) in [5.74, 6) is 9.28. The van der Waals surface area contributed by atoms with Crippen LogP contribution in [0.25, 0.3) is 0 Å². The summed E-state index contributed by atoms with van der Waals surface area (Å²) in [6, 6.07) is 0. The molecule has 2 N–H and O–H groups in total. The first kappa shape index (κ1) is 18.1. The van der Waals surface area contributed by atoms with Crippen molar-refractivity contribution in [2.45, 2.75) is 64.7 Å². The van der Waals surface area contributed by atoms with Crippen molar-refractivity contribution < 1.29 is 4.74 Å². The van der Waals surface area contributed by atoms with Gasteiger partial charge in [0, 0.05) is 19.0 Å². The van der Waals surface area contributed by atoms with Crippen molar-refractivity contribution in [3.8, 4) is 24.2 Å². The number of anilines is 1. The summed E-state index contributed by atoms with van der Waals surface area (Å²) in [5, 5.41) is 0. The zero-order valence-electron chi connectivity index (χ0n) is 14.4. The van der Waals surface area contributed by atoms with Crippen molar-refractivity contribution in [2.75, 3.05) is 5.73 Å². The molecule has 1 aliphatic heterocycles. The lowest BCUT2D eigenvalue weighted by atomic mass is 10.0. The molecule has 0 aliphatic carbocycles. The minimum absolute atomic E-state index is 0.171. The zero-order chi connectivity index (χ0) is 17.5. The van der Waals surface area contributed by atoms with E-state index in [0.717, 1.165) is 38.5 Å². The van der Waals surface area contributed by atoms with E-state index in [0.29, 0.717) is 11.5 Å². The molecule has 0 saturated carbocycles. The van der Waals surface area contributed by atoms with E-state index in [1.165, 1.54) is 4.57 Å². The number of unbranched alkanes of at least 4 members (excludes halogenated alkanes) is 3. The molecule has 5 heteroatoms. The number of nitrogens with two attached hydrogens (primary N) is 1. The Kier molecular flexibility index (Phi) is 6.46. The molecule has 1 aliphatic rings. The second-order valence-corrected chi connectivity index (χ2v) is 6.19. The van der Waals surface area contributed by atoms with Gasteiger partial charge in [0.1, 0.15) is 12.0 Å². The highest BCUT2D eigenvalue weighted by Gasteiger charge is 2.32. The number of nitrogen functional groups attached to an aromatic ring is 1. The summed E-state index contributed by atoms with van der Waals surface area (Å²) < 4.78 is 7.49. The predicted molar refractivity (Wildman–Crippen MR) is 95.1 cm³/mol. The fraction of sp³-hybridized carbons (Fsp3) is 0.579. The Bertz CT molecular complexity index is 721. The molecule has 1 fully saturated rings. The predicted octanol–water partition coefficient (Wildman–Crippen LogP) is 2.70. The highest BCUT2D eigenvalue weighted by atomic mass is 16.5. The average Bonchev–Trinajstić information content (AvgIpc) is 2.93. The molecule has 0 aromatic carbocycles. The largest absolute Gasteiger partial charge is 0.382 e. The van der Waals surface area contributed by atoms with E-state index >= 15 is 0 Å². The van der Waals surface area contributed by atoms with Gasteiger partial charge in [-0.1, -0.05) is 25.7 Å². The van der Waals surface area contributed by atoms with E-state index < -0.39 is 0 Å². The third-order valence-electron chi connectivity index (χ3n) is 4.33. The van der Waals surface area contributed by atoms with Gasteiger partial charge in [-0.3, -0.25) is 4.57 Å². The van der Waals surface area contributed by atoms with Crippen LogP contribution in [0, 0.1) is 30.1 Å². The Morgan fingerprint density at radius 2 is 2.21 bits per heavy atom. The van der Waals surface area contributed by atoms with Crippen molar-refractivity contribution in [3.63, 3.8) is 0 Å². The SMILES string of the molecule is C#CCCCCC#Cc1cn([C@H]2C[C@@H](C)[C@@H](CC)O2)c(=O)nc1N. The third kappa shape index (κ3) is 4.40. The van der Waals surface area contributed by atoms with Gasteiger partial charge in [0.05, 0.1) is 11.7 Å². The molecule has 0 amide bonds. The molecule has 0 spiro atoms. The van der Waals surface area contributed by atoms with Gasteiger partial charge in [-0.2, -0.15) is 4.98 Å². The van der Waals surface area contributed by atoms with Crippen molar-refractivity contribution in [2.24, 2.45) is 5.92 Å². The summed E-state index contributed by atoms with van der Waals surface area (Å²) in [5.41, 5.74) is 6.02. The van der Waals surface area contributed by atoms with Gasteiger partial charge in [0.25, 0.3) is 0 Å². The van der Waals surface area contributed by atoms with Crippen molar-refractivity contribution in [1.82, 2.24) is 9.55 Å². The van der Waals surface area contributed by atoms with Gasteiger partial charge in [0.15, 0.2) is 0 Å². The van der Waals surface area contributed by atoms with Gasteiger partial charge in [0.2, 0.25) is 0 Å². The van der Waals surface area contributed by atoms with E-state index in [2.05, 4.69) is 36.6 Å². The van der Waals surface area contributed by atoms with Gasteiger partial charge < -0.3 is 10.5 Å². The summed E-state index contributed by atoms with van der Waals surface area (Å²) in [6.07, 6.45) is 11.9. The lowest BCUT2D eigenvalue weighted by Crippen LogP contribution is -2.28. The molecule has 1 aromatic heterocycles. The second-order valence-electron chi connectivity index (χ2n) is 6.19. The van der Waals surface area contributed by atoms with Gasteiger partial charge in [-0.15, -0.1) is 12.3 Å². The van der Waals surface area contributed by atoms with Crippen LogP contribution in [0.5, 0.6) is 0 Å². The first-order valence-electron chi connectivity index (χ1n) is 8.53. The van der Waals surface area contributed by atoms with Gasteiger partial charge in [-0.05, 0) is 31.6 Å². The molecule has 5 nitrogen and oxygen atoms in total. The van der Waals surface area contributed by atoms with Gasteiger partial charge >= 0.3 is 5.69 Å². The smallest absolute Gasteiger partial charge is 0.351 e. The second kappa shape index (κ2) is 8.57. The van der Waals surface area contributed by atoms with Crippen molar-refractivity contribution in [3.05, 3.63) is 22.2 Å². The minimum atomic E-state index is -0.388. The maximum absolute atomic E-state index is 12.2. The standard InChI is InChI=1S/C19H25N3O2/c1-4-6-7-8-9-10-11-15-13-22(19(23)21-18(15)20)17-12-14(3)16(5-2)24-17/h1,13-14,16-17H,5-9,12H2,2-3H3,(H2,20,21,23)/t14-,16-,17-/m1/s1. The lowest BCUT2D eigenvalue weighted by Gasteiger charge is -2.15. The van der Waals surface area contributed by atoms with Crippen LogP contribution in [0.4, 0.5) is 5.82 Å². The monoisotopic (exact) mass is 327 g/mol. The zero-order valence-corrected chi connectivity index (χ0v) is 14.4. The normalized spacial score (nSPS) is 22.6. The number of aromatic nitrogens is 2. The number of hydrogen-bond acceptors (Lipinski definition) is 4. The molecule has 128 valence electrons. The number of hydrogen-bond donors (Lipinski definition) is 1. The highest BCUT2D eigenvalue weighted by molar-refractivity contribution is 5.48. The Morgan fingerprint density at radius 1 is 1.46 bits per heavy atom. The van der Waals surface area contributed by atoms with Crippen LogP contribution >= 0.6 is 0 Å². The Hall–Kier alpha value is -2.24. The number of rotatable bonds is 5. The van der Waals surface area contributed by atoms with E-state index in [4.69, 9.17) is 16.9 Å². The van der Waals surface area contributed by atoms with E-state index in [1.54, 1.807) is 6.20 Å². The van der Waals surface area contributed by atoms with Crippen LogP contribution < -0.4 is 11.4 Å². The Balaban J connectivity index is 2.13. The van der Waals surface area contributed by atoms with E-state index in [-0.39, 0.29) is 23.8 Å². The molecule has 0 unspecified atom stereocenters. The summed E-state index contributed by atoms with van der Waals surface area (Å²) in [7, 11) is 0. The maximum atomic E-state index is 12.2. The van der Waals surface area contributed by atoms with Crippen LogP contribution in [-0.4, -0.2) is 15.7 Å². The van der Waals surface area contributed by atoms with Crippen molar-refractivity contribution >= 4 is 5.82 Å². The summed E-state index contributed by atoms with van der Waals surface area (Å²) >= 11 is 0.